The Labute approximate surface area is 99.7 Å². The molecule has 3 amide bonds. The SMILES string of the molecule is CN1C(=O)N[C@H](CCN)C1=O.O=C(O)C(F)(F)F. The number of amides is 3. The van der Waals surface area contributed by atoms with Crippen LogP contribution < -0.4 is 11.1 Å². The lowest BCUT2D eigenvalue weighted by atomic mass is 10.2. The number of imide groups is 1. The van der Waals surface area contributed by atoms with Crippen LogP contribution in [0.3, 0.4) is 0 Å². The summed E-state index contributed by atoms with van der Waals surface area (Å²) in [5, 5.41) is 9.64. The number of nitrogens with zero attached hydrogens (tertiary/aromatic N) is 1. The summed E-state index contributed by atoms with van der Waals surface area (Å²) < 4.78 is 31.7. The number of likely N-dealkylation sites (N-methyl/N-ethyl adjacent to an activating group) is 1. The highest BCUT2D eigenvalue weighted by atomic mass is 19.4. The van der Waals surface area contributed by atoms with Gasteiger partial charge in [0.25, 0.3) is 5.91 Å². The zero-order chi connectivity index (χ0) is 14.5. The summed E-state index contributed by atoms with van der Waals surface area (Å²) in [7, 11) is 1.45. The first-order valence-electron chi connectivity index (χ1n) is 4.69. The van der Waals surface area contributed by atoms with E-state index in [1.165, 1.54) is 7.05 Å². The molecule has 104 valence electrons. The fourth-order valence-corrected chi connectivity index (χ4v) is 1.00. The number of nitrogens with two attached hydrogens (primary N) is 1. The first kappa shape index (κ1) is 16.2. The Morgan fingerprint density at radius 2 is 1.94 bits per heavy atom. The first-order chi connectivity index (χ1) is 8.11. The van der Waals surface area contributed by atoms with E-state index in [1.54, 1.807) is 0 Å². The Balaban J connectivity index is 0.000000360. The second kappa shape index (κ2) is 6.19. The third-order valence-electron chi connectivity index (χ3n) is 1.93. The van der Waals surface area contributed by atoms with Gasteiger partial charge in [-0.15, -0.1) is 0 Å². The maximum atomic E-state index is 11.1. The average Bonchev–Trinajstić information content (AvgIpc) is 2.46. The van der Waals surface area contributed by atoms with Crippen LogP contribution in [0.4, 0.5) is 18.0 Å². The molecule has 0 radical (unpaired) electrons. The lowest BCUT2D eigenvalue weighted by molar-refractivity contribution is -0.192. The van der Waals surface area contributed by atoms with E-state index in [1.807, 2.05) is 0 Å². The third-order valence-corrected chi connectivity index (χ3v) is 1.93. The Morgan fingerprint density at radius 3 is 2.17 bits per heavy atom. The van der Waals surface area contributed by atoms with E-state index >= 15 is 0 Å². The van der Waals surface area contributed by atoms with Crippen molar-refractivity contribution in [2.24, 2.45) is 5.73 Å². The fourth-order valence-electron chi connectivity index (χ4n) is 1.00. The molecular formula is C8H12F3N3O4. The van der Waals surface area contributed by atoms with Gasteiger partial charge in [0.15, 0.2) is 0 Å². The number of nitrogens with one attached hydrogen (secondary N) is 1. The molecule has 1 aliphatic heterocycles. The van der Waals surface area contributed by atoms with Gasteiger partial charge in [-0.3, -0.25) is 9.69 Å². The highest BCUT2D eigenvalue weighted by Gasteiger charge is 2.38. The summed E-state index contributed by atoms with van der Waals surface area (Å²) in [5.41, 5.74) is 5.24. The number of carbonyl (C=O) groups is 3. The molecule has 1 saturated heterocycles. The molecule has 10 heteroatoms. The van der Waals surface area contributed by atoms with Gasteiger partial charge in [0, 0.05) is 7.05 Å². The molecule has 18 heavy (non-hydrogen) atoms. The van der Waals surface area contributed by atoms with Crippen LogP contribution >= 0.6 is 0 Å². The molecule has 0 unspecified atom stereocenters. The van der Waals surface area contributed by atoms with E-state index in [-0.39, 0.29) is 11.9 Å². The number of carboxylic acid groups (broad SMARTS) is 1. The molecular weight excluding hydrogens is 259 g/mol. The predicted octanol–water partition coefficient (Wildman–Crippen LogP) is -0.481. The van der Waals surface area contributed by atoms with E-state index in [4.69, 9.17) is 15.6 Å². The normalized spacial score (nSPS) is 19.2. The van der Waals surface area contributed by atoms with Gasteiger partial charge in [-0.2, -0.15) is 13.2 Å². The molecule has 4 N–H and O–H groups in total. The number of halogens is 3. The number of hydrogen-bond donors (Lipinski definition) is 3. The summed E-state index contributed by atoms with van der Waals surface area (Å²) in [6.45, 7) is 0.407. The predicted molar refractivity (Wildman–Crippen MR) is 52.5 cm³/mol. The Kier molecular flexibility index (Phi) is 5.56. The quantitative estimate of drug-likeness (QED) is 0.587. The molecule has 0 aromatic rings. The highest BCUT2D eigenvalue weighted by molar-refractivity contribution is 6.03. The van der Waals surface area contributed by atoms with Crippen molar-refractivity contribution in [3.63, 3.8) is 0 Å². The Bertz CT molecular complexity index is 345. The van der Waals surface area contributed by atoms with Crippen LogP contribution in [0.2, 0.25) is 0 Å². The Hall–Kier alpha value is -1.84. The lowest BCUT2D eigenvalue weighted by Crippen LogP contribution is -2.31. The minimum absolute atomic E-state index is 0.194. The minimum atomic E-state index is -5.08. The second-order valence-electron chi connectivity index (χ2n) is 3.28. The molecule has 0 spiro atoms. The minimum Gasteiger partial charge on any atom is -0.475 e. The van der Waals surface area contributed by atoms with Crippen molar-refractivity contribution < 1.29 is 32.7 Å². The van der Waals surface area contributed by atoms with E-state index < -0.39 is 18.2 Å². The molecule has 1 fully saturated rings. The molecule has 1 aliphatic rings. The highest BCUT2D eigenvalue weighted by Crippen LogP contribution is 2.13. The van der Waals surface area contributed by atoms with Crippen molar-refractivity contribution in [3.05, 3.63) is 0 Å². The van der Waals surface area contributed by atoms with Crippen molar-refractivity contribution in [3.8, 4) is 0 Å². The summed E-state index contributed by atoms with van der Waals surface area (Å²) >= 11 is 0. The zero-order valence-corrected chi connectivity index (χ0v) is 9.32. The van der Waals surface area contributed by atoms with E-state index in [2.05, 4.69) is 5.32 Å². The number of rotatable bonds is 2. The van der Waals surface area contributed by atoms with Crippen molar-refractivity contribution >= 4 is 17.9 Å². The van der Waals surface area contributed by atoms with E-state index in [0.29, 0.717) is 13.0 Å². The van der Waals surface area contributed by atoms with Gasteiger partial charge in [0.05, 0.1) is 0 Å². The standard InChI is InChI=1S/C6H11N3O2.C2HF3O2/c1-9-5(10)4(2-3-7)8-6(9)11;3-2(4,5)1(6)7/h4H,2-3,7H2,1H3,(H,8,11);(H,6,7)/t4-;/m1./s1. The van der Waals surface area contributed by atoms with Crippen molar-refractivity contribution in [2.75, 3.05) is 13.6 Å². The van der Waals surface area contributed by atoms with Crippen molar-refractivity contribution in [1.82, 2.24) is 10.2 Å². The molecule has 1 atom stereocenters. The topological polar surface area (TPSA) is 113 Å². The molecule has 0 saturated carbocycles. The van der Waals surface area contributed by atoms with Crippen LogP contribution in [0, 0.1) is 0 Å². The summed E-state index contributed by atoms with van der Waals surface area (Å²) in [6.07, 6.45) is -4.57. The van der Waals surface area contributed by atoms with Gasteiger partial charge in [0.2, 0.25) is 0 Å². The van der Waals surface area contributed by atoms with Crippen LogP contribution in [0.25, 0.3) is 0 Å². The molecule has 0 aromatic heterocycles. The van der Waals surface area contributed by atoms with E-state index in [0.717, 1.165) is 4.90 Å². The lowest BCUT2D eigenvalue weighted by Gasteiger charge is -2.04. The molecule has 0 bridgehead atoms. The van der Waals surface area contributed by atoms with Crippen LogP contribution in [-0.4, -0.2) is 53.7 Å². The summed E-state index contributed by atoms with van der Waals surface area (Å²) in [4.78, 5) is 31.9. The zero-order valence-electron chi connectivity index (χ0n) is 9.32. The number of carbonyl (C=O) groups excluding carboxylic acids is 2. The largest absolute Gasteiger partial charge is 0.490 e. The smallest absolute Gasteiger partial charge is 0.475 e. The summed E-state index contributed by atoms with van der Waals surface area (Å²) in [6, 6.07) is -0.744. The summed E-state index contributed by atoms with van der Waals surface area (Å²) in [5.74, 6) is -2.95. The number of carboxylic acids is 1. The third kappa shape index (κ3) is 4.57. The molecule has 0 aliphatic carbocycles. The van der Waals surface area contributed by atoms with Gasteiger partial charge in [-0.1, -0.05) is 0 Å². The van der Waals surface area contributed by atoms with Gasteiger partial charge >= 0.3 is 18.2 Å². The first-order valence-corrected chi connectivity index (χ1v) is 4.69. The van der Waals surface area contributed by atoms with Crippen molar-refractivity contribution in [1.29, 1.82) is 0 Å². The second-order valence-corrected chi connectivity index (χ2v) is 3.28. The molecule has 1 rings (SSSR count). The van der Waals surface area contributed by atoms with Gasteiger partial charge in [-0.05, 0) is 13.0 Å². The van der Waals surface area contributed by atoms with Crippen LogP contribution in [0.5, 0.6) is 0 Å². The number of alkyl halides is 3. The van der Waals surface area contributed by atoms with Gasteiger partial charge in [-0.25, -0.2) is 9.59 Å². The maximum absolute atomic E-state index is 11.1. The van der Waals surface area contributed by atoms with Gasteiger partial charge < -0.3 is 16.2 Å². The van der Waals surface area contributed by atoms with Gasteiger partial charge in [0.1, 0.15) is 6.04 Å². The number of aliphatic carboxylic acids is 1. The molecule has 1 heterocycles. The molecule has 0 aromatic carbocycles. The number of hydrogen-bond acceptors (Lipinski definition) is 4. The Morgan fingerprint density at radius 1 is 1.50 bits per heavy atom. The van der Waals surface area contributed by atoms with Crippen LogP contribution in [-0.2, 0) is 9.59 Å². The van der Waals surface area contributed by atoms with Crippen LogP contribution in [0.1, 0.15) is 6.42 Å². The number of urea groups is 1. The molecule has 7 nitrogen and oxygen atoms in total. The van der Waals surface area contributed by atoms with Crippen molar-refractivity contribution in [2.45, 2.75) is 18.6 Å². The maximum Gasteiger partial charge on any atom is 0.490 e. The fraction of sp³-hybridized carbons (Fsp3) is 0.625. The van der Waals surface area contributed by atoms with Crippen LogP contribution in [0.15, 0.2) is 0 Å². The monoisotopic (exact) mass is 271 g/mol. The van der Waals surface area contributed by atoms with E-state index in [9.17, 15) is 22.8 Å². The average molecular weight is 271 g/mol.